The molecule has 0 saturated heterocycles. The first-order valence-electron chi connectivity index (χ1n) is 2.16. The van der Waals surface area contributed by atoms with Crippen LogP contribution < -0.4 is 0 Å². The molecule has 0 N–H and O–H groups in total. The van der Waals surface area contributed by atoms with Crippen molar-refractivity contribution in [1.29, 1.82) is 0 Å². The molecule has 2 nitrogen and oxygen atoms in total. The van der Waals surface area contributed by atoms with Crippen molar-refractivity contribution in [3.8, 4) is 0 Å². The molecule has 0 radical (unpaired) electrons. The fraction of sp³-hybridized carbons (Fsp3) is 0.400. The van der Waals surface area contributed by atoms with Gasteiger partial charge in [-0.15, -0.1) is 0 Å². The van der Waals surface area contributed by atoms with E-state index in [0.717, 1.165) is 0 Å². The van der Waals surface area contributed by atoms with E-state index in [4.69, 9.17) is 0 Å². The average Bonchev–Trinajstić information content (AvgIpc) is 1.64. The van der Waals surface area contributed by atoms with Crippen molar-refractivity contribution in [3.63, 3.8) is 0 Å². The Bertz CT molecular complexity index is 133. The molecule has 0 aromatic heterocycles. The second kappa shape index (κ2) is 2.73. The zero-order chi connectivity index (χ0) is 6.73. The van der Waals surface area contributed by atoms with Crippen molar-refractivity contribution < 1.29 is 9.36 Å². The third kappa shape index (κ3) is 1.99. The Morgan fingerprint density at radius 2 is 2.00 bits per heavy atom. The molecule has 0 amide bonds. The van der Waals surface area contributed by atoms with Crippen LogP contribution in [-0.2, 0) is 9.36 Å². The second-order valence-electron chi connectivity index (χ2n) is 1.50. The Kier molecular flexibility index (Phi) is 2.56. The second-order valence-corrected chi connectivity index (χ2v) is 3.04. The van der Waals surface area contributed by atoms with E-state index in [2.05, 4.69) is 6.58 Å². The summed E-state index contributed by atoms with van der Waals surface area (Å²) in [4.78, 5) is 10.3. The maximum absolute atomic E-state index is 10.4. The lowest BCUT2D eigenvalue weighted by Gasteiger charge is -1.76. The molecule has 0 saturated carbocycles. The molecule has 1 atom stereocenters. The first-order valence-corrected chi connectivity index (χ1v) is 3.87. The molecule has 0 bridgehead atoms. The summed E-state index contributed by atoms with van der Waals surface area (Å²) in [7, 11) is -1.50. The van der Waals surface area contributed by atoms with E-state index in [1.165, 1.54) is 13.6 Å². The summed E-state index contributed by atoms with van der Waals surface area (Å²) in [6.45, 7) is 6.15. The Morgan fingerprint density at radius 3 is 2.00 bits per heavy atom. The van der Waals surface area contributed by atoms with E-state index < -0.39 is 7.80 Å². The van der Waals surface area contributed by atoms with Gasteiger partial charge in [0.2, 0.25) is 11.1 Å². The predicted molar refractivity (Wildman–Crippen MR) is 33.4 cm³/mol. The summed E-state index contributed by atoms with van der Waals surface area (Å²) >= 11 is 0. The van der Waals surface area contributed by atoms with Gasteiger partial charge in [-0.05, 0) is 6.58 Å². The average molecular weight is 131 g/mol. The molecule has 0 aromatic carbocycles. The van der Waals surface area contributed by atoms with E-state index in [0.29, 0.717) is 0 Å². The lowest BCUT2D eigenvalue weighted by molar-refractivity contribution is -0.113. The fourth-order valence-electron chi connectivity index (χ4n) is 0.222. The number of hydrogen-bond acceptors (Lipinski definition) is 2. The minimum Gasteiger partial charge on any atom is -0.290 e. The van der Waals surface area contributed by atoms with Gasteiger partial charge in [0.05, 0.1) is 0 Å². The van der Waals surface area contributed by atoms with E-state index in [9.17, 15) is 9.36 Å². The van der Waals surface area contributed by atoms with Gasteiger partial charge in [-0.2, -0.15) is 0 Å². The molecule has 8 heavy (non-hydrogen) atoms. The van der Waals surface area contributed by atoms with Crippen molar-refractivity contribution in [2.24, 2.45) is 0 Å². The molecule has 0 rings (SSSR count). The number of ketones is 1. The molecular weight excluding hydrogens is 123 g/mol. The summed E-state index contributed by atoms with van der Waals surface area (Å²) in [5.74, 6) is -0.186. The van der Waals surface area contributed by atoms with Crippen molar-refractivity contribution in [3.05, 3.63) is 11.9 Å². The number of hydrogen-bond donors (Lipinski definition) is 0. The van der Waals surface area contributed by atoms with Crippen molar-refractivity contribution in [2.75, 3.05) is 6.66 Å². The molecule has 0 aliphatic carbocycles. The number of allylic oxidation sites excluding steroid dienone is 1. The highest BCUT2D eigenvalue weighted by Gasteiger charge is 2.17. The normalized spacial score (nSPS) is 10.5. The molecule has 1 unspecified atom stereocenters. The third-order valence-corrected chi connectivity index (χ3v) is 1.86. The van der Waals surface area contributed by atoms with Crippen molar-refractivity contribution >= 4 is 13.6 Å². The summed E-state index contributed by atoms with van der Waals surface area (Å²) in [5.41, 5.74) is 0. The van der Waals surface area contributed by atoms with Crippen LogP contribution in [0.2, 0.25) is 0 Å². The zero-order valence-electron chi connectivity index (χ0n) is 4.97. The van der Waals surface area contributed by atoms with Crippen LogP contribution in [0.1, 0.15) is 6.92 Å². The molecule has 44 valence electrons. The van der Waals surface area contributed by atoms with Crippen molar-refractivity contribution in [2.45, 2.75) is 6.92 Å². The number of rotatable bonds is 2. The first kappa shape index (κ1) is 7.51. The Hall–Kier alpha value is -0.490. The van der Waals surface area contributed by atoms with Gasteiger partial charge in [0.1, 0.15) is 6.66 Å². The van der Waals surface area contributed by atoms with Crippen LogP contribution in [0.25, 0.3) is 0 Å². The predicted octanol–water partition coefficient (Wildman–Crippen LogP) is 1.55. The van der Waals surface area contributed by atoms with Crippen LogP contribution in [0.3, 0.4) is 0 Å². The standard InChI is InChI=1S/C5H8O2P/c1-4(6)5(2)8(3)7/h2H2,1,3H3/q+1. The van der Waals surface area contributed by atoms with Crippen LogP contribution in [0.15, 0.2) is 11.9 Å². The molecular formula is C5H8O2P+. The van der Waals surface area contributed by atoms with Gasteiger partial charge in [-0.1, -0.05) is 4.57 Å². The van der Waals surface area contributed by atoms with E-state index >= 15 is 0 Å². The maximum atomic E-state index is 10.4. The van der Waals surface area contributed by atoms with Crippen molar-refractivity contribution in [1.82, 2.24) is 0 Å². The van der Waals surface area contributed by atoms with Crippen LogP contribution in [0.4, 0.5) is 0 Å². The number of carbonyl (C=O) groups is 1. The minimum absolute atomic E-state index is 0.186. The molecule has 0 aliphatic heterocycles. The number of Topliss-reactive ketones (excluding diaryl/α,β-unsaturated/α-hetero) is 1. The van der Waals surface area contributed by atoms with Gasteiger partial charge in [0, 0.05) is 6.92 Å². The maximum Gasteiger partial charge on any atom is 0.376 e. The summed E-state index contributed by atoms with van der Waals surface area (Å²) in [5, 5.41) is 0.222. The SMILES string of the molecule is C=C(C(C)=O)[P+](C)=O. The van der Waals surface area contributed by atoms with Crippen LogP contribution in [0, 0.1) is 0 Å². The summed E-state index contributed by atoms with van der Waals surface area (Å²) < 4.78 is 10.4. The highest BCUT2D eigenvalue weighted by atomic mass is 31.1. The van der Waals surface area contributed by atoms with Gasteiger partial charge < -0.3 is 0 Å². The third-order valence-electron chi connectivity index (χ3n) is 0.787. The molecule has 0 heterocycles. The fourth-order valence-corrected chi connectivity index (χ4v) is 0.665. The van der Waals surface area contributed by atoms with Gasteiger partial charge in [0.25, 0.3) is 0 Å². The monoisotopic (exact) mass is 131 g/mol. The van der Waals surface area contributed by atoms with E-state index in [1.54, 1.807) is 0 Å². The van der Waals surface area contributed by atoms with Crippen LogP contribution >= 0.6 is 7.80 Å². The topological polar surface area (TPSA) is 34.1 Å². The summed E-state index contributed by atoms with van der Waals surface area (Å²) in [6.07, 6.45) is 0. The highest BCUT2D eigenvalue weighted by Crippen LogP contribution is 2.25. The Labute approximate surface area is 49.4 Å². The Balaban J connectivity index is 4.05. The smallest absolute Gasteiger partial charge is 0.290 e. The lowest BCUT2D eigenvalue weighted by atomic mass is 10.4. The minimum atomic E-state index is -1.50. The van der Waals surface area contributed by atoms with Gasteiger partial charge in [0.15, 0.2) is 0 Å². The summed E-state index contributed by atoms with van der Waals surface area (Å²) in [6, 6.07) is 0. The molecule has 3 heteroatoms. The lowest BCUT2D eigenvalue weighted by Crippen LogP contribution is -1.87. The van der Waals surface area contributed by atoms with Gasteiger partial charge >= 0.3 is 7.80 Å². The molecule has 0 aromatic rings. The zero-order valence-corrected chi connectivity index (χ0v) is 5.87. The molecule has 0 fully saturated rings. The number of carbonyl (C=O) groups excluding carboxylic acids is 1. The highest BCUT2D eigenvalue weighted by molar-refractivity contribution is 7.50. The van der Waals surface area contributed by atoms with Gasteiger partial charge in [-0.25, -0.2) is 0 Å². The first-order chi connectivity index (χ1) is 3.55. The molecule has 0 aliphatic rings. The van der Waals surface area contributed by atoms with E-state index in [1.807, 2.05) is 0 Å². The quantitative estimate of drug-likeness (QED) is 0.420. The van der Waals surface area contributed by atoms with E-state index in [-0.39, 0.29) is 11.1 Å². The molecule has 0 spiro atoms. The Morgan fingerprint density at radius 1 is 1.62 bits per heavy atom. The van der Waals surface area contributed by atoms with Gasteiger partial charge in [-0.3, -0.25) is 4.79 Å². The van der Waals surface area contributed by atoms with Crippen LogP contribution in [-0.4, -0.2) is 12.4 Å². The van der Waals surface area contributed by atoms with Crippen LogP contribution in [0.5, 0.6) is 0 Å². The largest absolute Gasteiger partial charge is 0.376 e.